The van der Waals surface area contributed by atoms with Crippen LogP contribution in [-0.2, 0) is 12.8 Å². The second-order valence-electron chi connectivity index (χ2n) is 3.75. The van der Waals surface area contributed by atoms with Crippen LogP contribution < -0.4 is 5.73 Å². The van der Waals surface area contributed by atoms with E-state index in [1.807, 2.05) is 0 Å². The minimum absolute atomic E-state index is 0.200. The van der Waals surface area contributed by atoms with Crippen molar-refractivity contribution in [2.75, 3.05) is 0 Å². The SMILES string of the molecule is CCc1ccc([C@H](N)CC)cc1CC. The summed E-state index contributed by atoms with van der Waals surface area (Å²) in [5.74, 6) is 0. The van der Waals surface area contributed by atoms with Crippen molar-refractivity contribution >= 4 is 0 Å². The van der Waals surface area contributed by atoms with Gasteiger partial charge in [-0.25, -0.2) is 0 Å². The summed E-state index contributed by atoms with van der Waals surface area (Å²) >= 11 is 0. The van der Waals surface area contributed by atoms with E-state index in [9.17, 15) is 0 Å². The lowest BCUT2D eigenvalue weighted by Gasteiger charge is -2.13. The Kier molecular flexibility index (Phi) is 4.15. The van der Waals surface area contributed by atoms with Crippen molar-refractivity contribution in [3.05, 3.63) is 34.9 Å². The Morgan fingerprint density at radius 2 is 1.71 bits per heavy atom. The van der Waals surface area contributed by atoms with Gasteiger partial charge >= 0.3 is 0 Å². The zero-order valence-corrected chi connectivity index (χ0v) is 9.51. The molecule has 0 aliphatic heterocycles. The Labute approximate surface area is 87.3 Å². The predicted octanol–water partition coefficient (Wildman–Crippen LogP) is 3.22. The van der Waals surface area contributed by atoms with Crippen LogP contribution in [0, 0.1) is 0 Å². The highest BCUT2D eigenvalue weighted by molar-refractivity contribution is 5.33. The lowest BCUT2D eigenvalue weighted by molar-refractivity contribution is 0.697. The molecule has 14 heavy (non-hydrogen) atoms. The van der Waals surface area contributed by atoms with Crippen LogP contribution in [0.4, 0.5) is 0 Å². The number of hydrogen-bond donors (Lipinski definition) is 1. The maximum Gasteiger partial charge on any atom is 0.0292 e. The Morgan fingerprint density at radius 1 is 1.07 bits per heavy atom. The molecule has 0 radical (unpaired) electrons. The third kappa shape index (κ3) is 2.36. The monoisotopic (exact) mass is 191 g/mol. The van der Waals surface area contributed by atoms with E-state index in [1.165, 1.54) is 16.7 Å². The van der Waals surface area contributed by atoms with E-state index < -0.39 is 0 Å². The van der Waals surface area contributed by atoms with Gasteiger partial charge in [0.05, 0.1) is 0 Å². The van der Waals surface area contributed by atoms with Crippen LogP contribution >= 0.6 is 0 Å². The molecule has 1 aromatic carbocycles. The van der Waals surface area contributed by atoms with Crippen LogP contribution in [0.1, 0.15) is 49.9 Å². The third-order valence-corrected chi connectivity index (χ3v) is 2.86. The summed E-state index contributed by atoms with van der Waals surface area (Å²) in [6, 6.07) is 6.87. The molecule has 1 atom stereocenters. The Bertz CT molecular complexity index is 291. The number of rotatable bonds is 4. The second-order valence-corrected chi connectivity index (χ2v) is 3.75. The summed E-state index contributed by atoms with van der Waals surface area (Å²) in [7, 11) is 0. The number of aryl methyl sites for hydroxylation is 2. The Balaban J connectivity index is 3.01. The molecule has 0 saturated carbocycles. The zero-order valence-electron chi connectivity index (χ0n) is 9.51. The van der Waals surface area contributed by atoms with Crippen molar-refractivity contribution in [1.29, 1.82) is 0 Å². The first-order valence-corrected chi connectivity index (χ1v) is 5.60. The molecule has 0 heterocycles. The van der Waals surface area contributed by atoms with E-state index in [-0.39, 0.29) is 6.04 Å². The van der Waals surface area contributed by atoms with Gasteiger partial charge < -0.3 is 5.73 Å². The van der Waals surface area contributed by atoms with Crippen LogP contribution in [0.5, 0.6) is 0 Å². The van der Waals surface area contributed by atoms with Gasteiger partial charge in [0.1, 0.15) is 0 Å². The van der Waals surface area contributed by atoms with Gasteiger partial charge in [0.25, 0.3) is 0 Å². The molecule has 1 aromatic rings. The molecule has 0 unspecified atom stereocenters. The van der Waals surface area contributed by atoms with E-state index in [0.29, 0.717) is 0 Å². The second kappa shape index (κ2) is 5.16. The fourth-order valence-corrected chi connectivity index (χ4v) is 1.79. The van der Waals surface area contributed by atoms with Crippen molar-refractivity contribution in [3.8, 4) is 0 Å². The number of nitrogens with two attached hydrogens (primary N) is 1. The molecular weight excluding hydrogens is 170 g/mol. The van der Waals surface area contributed by atoms with Crippen molar-refractivity contribution in [3.63, 3.8) is 0 Å². The lowest BCUT2D eigenvalue weighted by Crippen LogP contribution is -2.09. The van der Waals surface area contributed by atoms with Gasteiger partial charge in [0.15, 0.2) is 0 Å². The quantitative estimate of drug-likeness (QED) is 0.777. The molecular formula is C13H21N. The highest BCUT2D eigenvalue weighted by atomic mass is 14.6. The van der Waals surface area contributed by atoms with Gasteiger partial charge in [-0.05, 0) is 36.0 Å². The minimum atomic E-state index is 0.200. The Morgan fingerprint density at radius 3 is 2.21 bits per heavy atom. The maximum absolute atomic E-state index is 6.01. The van der Waals surface area contributed by atoms with Crippen LogP contribution in [-0.4, -0.2) is 0 Å². The van der Waals surface area contributed by atoms with Crippen LogP contribution in [0.3, 0.4) is 0 Å². The first-order chi connectivity index (χ1) is 6.72. The van der Waals surface area contributed by atoms with Gasteiger partial charge in [-0.1, -0.05) is 39.0 Å². The van der Waals surface area contributed by atoms with Crippen molar-refractivity contribution < 1.29 is 0 Å². The number of hydrogen-bond acceptors (Lipinski definition) is 1. The summed E-state index contributed by atoms with van der Waals surface area (Å²) in [6.45, 7) is 6.54. The van der Waals surface area contributed by atoms with Gasteiger partial charge in [0, 0.05) is 6.04 Å². The van der Waals surface area contributed by atoms with Gasteiger partial charge in [-0.2, -0.15) is 0 Å². The van der Waals surface area contributed by atoms with Crippen molar-refractivity contribution in [2.24, 2.45) is 5.73 Å². The molecule has 0 aromatic heterocycles. The summed E-state index contributed by atoms with van der Waals surface area (Å²) in [4.78, 5) is 0. The van der Waals surface area contributed by atoms with E-state index in [2.05, 4.69) is 39.0 Å². The highest BCUT2D eigenvalue weighted by Gasteiger charge is 2.05. The first kappa shape index (κ1) is 11.3. The van der Waals surface area contributed by atoms with Gasteiger partial charge in [-0.3, -0.25) is 0 Å². The molecule has 78 valence electrons. The number of benzene rings is 1. The Hall–Kier alpha value is -0.820. The minimum Gasteiger partial charge on any atom is -0.324 e. The van der Waals surface area contributed by atoms with Crippen LogP contribution in [0.25, 0.3) is 0 Å². The molecule has 0 spiro atoms. The van der Waals surface area contributed by atoms with E-state index >= 15 is 0 Å². The predicted molar refractivity (Wildman–Crippen MR) is 62.4 cm³/mol. The topological polar surface area (TPSA) is 26.0 Å². The van der Waals surface area contributed by atoms with Crippen LogP contribution in [0.2, 0.25) is 0 Å². The summed E-state index contributed by atoms with van der Waals surface area (Å²) in [5.41, 5.74) is 10.2. The van der Waals surface area contributed by atoms with Crippen molar-refractivity contribution in [1.82, 2.24) is 0 Å². The van der Waals surface area contributed by atoms with E-state index in [1.54, 1.807) is 0 Å². The zero-order chi connectivity index (χ0) is 10.6. The fourth-order valence-electron chi connectivity index (χ4n) is 1.79. The maximum atomic E-state index is 6.01. The molecule has 1 nitrogen and oxygen atoms in total. The fraction of sp³-hybridized carbons (Fsp3) is 0.538. The molecule has 0 aliphatic carbocycles. The van der Waals surface area contributed by atoms with E-state index in [4.69, 9.17) is 5.73 Å². The molecule has 0 fully saturated rings. The molecule has 1 rings (SSSR count). The van der Waals surface area contributed by atoms with E-state index in [0.717, 1.165) is 19.3 Å². The standard InChI is InChI=1S/C13H21N/c1-4-10-7-8-12(13(14)6-3)9-11(10)5-2/h7-9,13H,4-6,14H2,1-3H3/t13-/m1/s1. The van der Waals surface area contributed by atoms with Gasteiger partial charge in [0.2, 0.25) is 0 Å². The molecule has 0 bridgehead atoms. The largest absolute Gasteiger partial charge is 0.324 e. The smallest absolute Gasteiger partial charge is 0.0292 e. The first-order valence-electron chi connectivity index (χ1n) is 5.60. The lowest BCUT2D eigenvalue weighted by atomic mass is 9.96. The van der Waals surface area contributed by atoms with Crippen molar-refractivity contribution in [2.45, 2.75) is 46.1 Å². The average molecular weight is 191 g/mol. The van der Waals surface area contributed by atoms with Gasteiger partial charge in [-0.15, -0.1) is 0 Å². The molecule has 0 aliphatic rings. The third-order valence-electron chi connectivity index (χ3n) is 2.86. The highest BCUT2D eigenvalue weighted by Crippen LogP contribution is 2.19. The molecule has 2 N–H and O–H groups in total. The average Bonchev–Trinajstić information content (AvgIpc) is 2.26. The molecule has 1 heteroatoms. The summed E-state index contributed by atoms with van der Waals surface area (Å²) in [5, 5.41) is 0. The molecule has 0 amide bonds. The normalized spacial score (nSPS) is 12.9. The summed E-state index contributed by atoms with van der Waals surface area (Å²) in [6.07, 6.45) is 3.23. The van der Waals surface area contributed by atoms with Crippen LogP contribution in [0.15, 0.2) is 18.2 Å². The summed E-state index contributed by atoms with van der Waals surface area (Å²) < 4.78 is 0. The molecule has 0 saturated heterocycles.